The number of methoxy groups -OCH3 is 1. The number of halogens is 1. The van der Waals surface area contributed by atoms with Gasteiger partial charge in [-0.2, -0.15) is 0 Å². The summed E-state index contributed by atoms with van der Waals surface area (Å²) in [5.41, 5.74) is 4.58. The van der Waals surface area contributed by atoms with E-state index in [2.05, 4.69) is 26.2 Å². The minimum atomic E-state index is -1.38. The Hall–Kier alpha value is -3.39. The molecule has 0 fully saturated rings. The number of aromatic nitrogens is 1. The summed E-state index contributed by atoms with van der Waals surface area (Å²) in [4.78, 5) is 28.4. The first-order valence-corrected chi connectivity index (χ1v) is 10.3. The number of rotatable bonds is 6. The molecule has 7 nitrogen and oxygen atoms in total. The zero-order valence-electron chi connectivity index (χ0n) is 16.5. The van der Waals surface area contributed by atoms with Crippen LogP contribution in [0.5, 0.6) is 5.88 Å². The lowest BCUT2D eigenvalue weighted by Gasteiger charge is -2.19. The molecular weight excluding hydrogens is 464 g/mol. The summed E-state index contributed by atoms with van der Waals surface area (Å²) in [5.74, 6) is -1.27. The van der Waals surface area contributed by atoms with E-state index in [0.717, 1.165) is 22.3 Å². The first kappa shape index (κ1) is 20.9. The molecule has 1 atom stereocenters. The highest BCUT2D eigenvalue weighted by Gasteiger charge is 2.31. The number of nitrogens with one attached hydrogen (secondary N) is 1. The van der Waals surface area contributed by atoms with Crippen molar-refractivity contribution in [3.8, 4) is 17.0 Å². The molecule has 0 saturated heterocycles. The van der Waals surface area contributed by atoms with Crippen LogP contribution in [0.15, 0.2) is 65.3 Å². The fourth-order valence-corrected chi connectivity index (χ4v) is 4.20. The van der Waals surface area contributed by atoms with E-state index in [-0.39, 0.29) is 24.0 Å². The van der Waals surface area contributed by atoms with Crippen molar-refractivity contribution in [2.24, 2.45) is 0 Å². The van der Waals surface area contributed by atoms with E-state index in [1.54, 1.807) is 0 Å². The zero-order valence-corrected chi connectivity index (χ0v) is 18.1. The molecule has 1 amide bonds. The van der Waals surface area contributed by atoms with Crippen molar-refractivity contribution in [1.82, 2.24) is 10.3 Å². The van der Waals surface area contributed by atoms with E-state index < -0.39 is 18.1 Å². The maximum Gasteiger partial charge on any atom is 0.408 e. The molecule has 4 rings (SSSR count). The van der Waals surface area contributed by atoms with Crippen molar-refractivity contribution in [3.05, 3.63) is 82.0 Å². The van der Waals surface area contributed by atoms with Gasteiger partial charge in [0.15, 0.2) is 6.04 Å². The van der Waals surface area contributed by atoms with Crippen LogP contribution in [0.2, 0.25) is 0 Å². The van der Waals surface area contributed by atoms with Crippen molar-refractivity contribution in [2.75, 3.05) is 13.7 Å². The number of pyridine rings is 1. The number of carboxylic acid groups (broad SMARTS) is 1. The molecule has 2 N–H and O–H groups in total. The molecule has 0 saturated carbocycles. The second-order valence-corrected chi connectivity index (χ2v) is 7.91. The summed E-state index contributed by atoms with van der Waals surface area (Å²) < 4.78 is 11.2. The van der Waals surface area contributed by atoms with Gasteiger partial charge in [0.2, 0.25) is 5.88 Å². The predicted molar refractivity (Wildman–Crippen MR) is 117 cm³/mol. The monoisotopic (exact) mass is 482 g/mol. The van der Waals surface area contributed by atoms with Gasteiger partial charge in [-0.25, -0.2) is 14.6 Å². The molecule has 31 heavy (non-hydrogen) atoms. The summed E-state index contributed by atoms with van der Waals surface area (Å²) >= 11 is 3.26. The van der Waals surface area contributed by atoms with Gasteiger partial charge in [0.25, 0.3) is 0 Å². The number of benzene rings is 2. The lowest BCUT2D eigenvalue weighted by atomic mass is 9.98. The van der Waals surface area contributed by atoms with Gasteiger partial charge in [-0.3, -0.25) is 0 Å². The van der Waals surface area contributed by atoms with Gasteiger partial charge in [-0.15, -0.1) is 0 Å². The van der Waals surface area contributed by atoms with E-state index in [1.165, 1.54) is 19.4 Å². The Kier molecular flexibility index (Phi) is 5.90. The molecule has 3 aromatic rings. The smallest absolute Gasteiger partial charge is 0.408 e. The molecule has 1 unspecified atom stereocenters. The number of carbonyl (C=O) groups is 2. The minimum absolute atomic E-state index is 0.0834. The zero-order chi connectivity index (χ0) is 22.0. The number of carboxylic acids is 1. The Labute approximate surface area is 187 Å². The summed E-state index contributed by atoms with van der Waals surface area (Å²) in [7, 11) is 1.38. The number of nitrogens with zero attached hydrogens (tertiary/aromatic N) is 1. The van der Waals surface area contributed by atoms with E-state index in [1.807, 2.05) is 48.5 Å². The van der Waals surface area contributed by atoms with Crippen molar-refractivity contribution < 1.29 is 24.2 Å². The molecule has 0 radical (unpaired) electrons. The number of aliphatic carboxylic acids is 1. The van der Waals surface area contributed by atoms with Crippen LogP contribution in [0.4, 0.5) is 4.79 Å². The van der Waals surface area contributed by atoms with Crippen molar-refractivity contribution in [2.45, 2.75) is 12.0 Å². The third-order valence-electron chi connectivity index (χ3n) is 5.20. The van der Waals surface area contributed by atoms with Gasteiger partial charge < -0.3 is 19.9 Å². The minimum Gasteiger partial charge on any atom is -0.481 e. The van der Waals surface area contributed by atoms with Crippen molar-refractivity contribution in [1.29, 1.82) is 0 Å². The summed E-state index contributed by atoms with van der Waals surface area (Å²) in [6.07, 6.45) is 0.644. The number of fused-ring (bicyclic) bond motifs is 3. The average molecular weight is 483 g/mol. The first-order chi connectivity index (χ1) is 15.0. The normalized spacial score (nSPS) is 13.1. The molecule has 0 spiro atoms. The van der Waals surface area contributed by atoms with Gasteiger partial charge in [0.05, 0.1) is 7.11 Å². The van der Waals surface area contributed by atoms with Crippen LogP contribution in [-0.4, -0.2) is 35.9 Å². The van der Waals surface area contributed by atoms with E-state index >= 15 is 0 Å². The van der Waals surface area contributed by atoms with Crippen LogP contribution < -0.4 is 10.1 Å². The summed E-state index contributed by atoms with van der Waals surface area (Å²) in [6.45, 7) is 0.0834. The molecule has 158 valence electrons. The number of ether oxygens (including phenoxy) is 2. The number of amides is 1. The highest BCUT2D eigenvalue weighted by Crippen LogP contribution is 2.44. The molecule has 1 aromatic heterocycles. The third-order valence-corrected chi connectivity index (χ3v) is 5.64. The van der Waals surface area contributed by atoms with Gasteiger partial charge in [0, 0.05) is 22.2 Å². The summed E-state index contributed by atoms with van der Waals surface area (Å²) in [6, 6.07) is 16.1. The molecule has 2 aromatic carbocycles. The topological polar surface area (TPSA) is 97.8 Å². The Morgan fingerprint density at radius 3 is 2.32 bits per heavy atom. The van der Waals surface area contributed by atoms with E-state index in [0.29, 0.717) is 4.47 Å². The van der Waals surface area contributed by atoms with Crippen LogP contribution in [0.1, 0.15) is 28.7 Å². The van der Waals surface area contributed by atoms with Gasteiger partial charge >= 0.3 is 12.1 Å². The lowest BCUT2D eigenvalue weighted by Crippen LogP contribution is -2.35. The van der Waals surface area contributed by atoms with Crippen LogP contribution in [-0.2, 0) is 9.53 Å². The quantitative estimate of drug-likeness (QED) is 0.535. The van der Waals surface area contributed by atoms with Crippen LogP contribution in [0.25, 0.3) is 11.1 Å². The lowest BCUT2D eigenvalue weighted by molar-refractivity contribution is -0.139. The standard InChI is InChI=1S/C23H19BrN2O5/c1-30-21-18(10-13(24)11-25-21)20(22(27)28)26-23(29)31-12-19-16-8-4-2-6-14(16)15-7-3-5-9-17(15)19/h2-11,19-20H,12H2,1H3,(H,26,29)(H,27,28). The SMILES string of the molecule is COc1ncc(Br)cc1C(NC(=O)OCC1c2ccccc2-c2ccccc21)C(=O)O. The second-order valence-electron chi connectivity index (χ2n) is 6.99. The second kappa shape index (κ2) is 8.77. The molecule has 0 aliphatic heterocycles. The number of carbonyl (C=O) groups excluding carboxylic acids is 1. The maximum absolute atomic E-state index is 12.5. The first-order valence-electron chi connectivity index (χ1n) is 9.53. The van der Waals surface area contributed by atoms with Crippen LogP contribution in [0, 0.1) is 0 Å². The largest absolute Gasteiger partial charge is 0.481 e. The van der Waals surface area contributed by atoms with Crippen LogP contribution in [0.3, 0.4) is 0 Å². The highest BCUT2D eigenvalue weighted by molar-refractivity contribution is 9.10. The molecule has 1 aliphatic carbocycles. The number of hydrogen-bond donors (Lipinski definition) is 2. The van der Waals surface area contributed by atoms with Gasteiger partial charge in [0.1, 0.15) is 6.61 Å². The Balaban J connectivity index is 1.52. The van der Waals surface area contributed by atoms with Crippen molar-refractivity contribution in [3.63, 3.8) is 0 Å². The number of alkyl carbamates (subject to hydrolysis) is 1. The molecule has 1 heterocycles. The van der Waals surface area contributed by atoms with Crippen molar-refractivity contribution >= 4 is 28.0 Å². The molecular formula is C23H19BrN2O5. The fourth-order valence-electron chi connectivity index (χ4n) is 3.85. The Bertz CT molecular complexity index is 1100. The summed E-state index contributed by atoms with van der Waals surface area (Å²) in [5, 5.41) is 12.1. The maximum atomic E-state index is 12.5. The highest BCUT2D eigenvalue weighted by atomic mass is 79.9. The van der Waals surface area contributed by atoms with Gasteiger partial charge in [-0.05, 0) is 44.3 Å². The Morgan fingerprint density at radius 1 is 1.13 bits per heavy atom. The van der Waals surface area contributed by atoms with E-state index in [9.17, 15) is 14.7 Å². The predicted octanol–water partition coefficient (Wildman–Crippen LogP) is 4.52. The van der Waals surface area contributed by atoms with E-state index in [4.69, 9.17) is 9.47 Å². The number of hydrogen-bond acceptors (Lipinski definition) is 5. The fraction of sp³-hybridized carbons (Fsp3) is 0.174. The van der Waals surface area contributed by atoms with Crippen LogP contribution >= 0.6 is 15.9 Å². The molecule has 1 aliphatic rings. The molecule has 8 heteroatoms. The Morgan fingerprint density at radius 2 is 1.74 bits per heavy atom. The molecule has 0 bridgehead atoms. The average Bonchev–Trinajstić information content (AvgIpc) is 3.09. The third kappa shape index (κ3) is 4.11. The van der Waals surface area contributed by atoms with Gasteiger partial charge in [-0.1, -0.05) is 48.5 Å².